The van der Waals surface area contributed by atoms with Crippen molar-refractivity contribution in [3.8, 4) is 33.8 Å². The van der Waals surface area contributed by atoms with Crippen LogP contribution < -0.4 is 14.8 Å². The molecule has 6 heteroatoms. The number of benzene rings is 4. The molecule has 0 aliphatic carbocycles. The molecule has 6 aromatic rings. The molecule has 0 saturated carbocycles. The van der Waals surface area contributed by atoms with E-state index in [4.69, 9.17) is 19.4 Å². The van der Waals surface area contributed by atoms with E-state index in [2.05, 4.69) is 109 Å². The Morgan fingerprint density at radius 1 is 0.482 bits per heavy atom. The fourth-order valence-corrected chi connectivity index (χ4v) is 7.33. The van der Waals surface area contributed by atoms with E-state index in [1.54, 1.807) is 0 Å². The predicted molar refractivity (Wildman–Crippen MR) is 235 cm³/mol. The Morgan fingerprint density at radius 2 is 0.839 bits per heavy atom. The summed E-state index contributed by atoms with van der Waals surface area (Å²) in [6, 6.07) is 37.9. The van der Waals surface area contributed by atoms with Crippen LogP contribution in [0.15, 0.2) is 109 Å². The van der Waals surface area contributed by atoms with Crippen LogP contribution in [0.25, 0.3) is 22.3 Å². The zero-order valence-corrected chi connectivity index (χ0v) is 35.2. The highest BCUT2D eigenvalue weighted by atomic mass is 35.5. The molecule has 0 unspecified atom stereocenters. The van der Waals surface area contributed by atoms with Gasteiger partial charge in [-0.3, -0.25) is 9.97 Å². The lowest BCUT2D eigenvalue weighted by atomic mass is 9.89. The van der Waals surface area contributed by atoms with Gasteiger partial charge in [0.2, 0.25) is 0 Å². The largest absolute Gasteiger partial charge is 0.489 e. The van der Waals surface area contributed by atoms with Crippen LogP contribution in [0.5, 0.6) is 11.5 Å². The summed E-state index contributed by atoms with van der Waals surface area (Å²) in [5.74, 6) is 2.59. The van der Waals surface area contributed by atoms with Gasteiger partial charge in [-0.15, -0.1) is 12.4 Å². The van der Waals surface area contributed by atoms with E-state index in [1.165, 1.54) is 44.5 Å². The van der Waals surface area contributed by atoms with Gasteiger partial charge >= 0.3 is 0 Å². The van der Waals surface area contributed by atoms with Gasteiger partial charge in [0, 0.05) is 47.0 Å². The van der Waals surface area contributed by atoms with Gasteiger partial charge in [-0.1, -0.05) is 124 Å². The first-order valence-electron chi connectivity index (χ1n) is 19.8. The van der Waals surface area contributed by atoms with Gasteiger partial charge in [-0.2, -0.15) is 0 Å². The second-order valence-electron chi connectivity index (χ2n) is 15.7. The molecule has 0 atom stereocenters. The van der Waals surface area contributed by atoms with E-state index in [1.807, 2.05) is 60.7 Å². The molecule has 0 amide bonds. The second kappa shape index (κ2) is 19.8. The molecule has 1 N–H and O–H groups in total. The second-order valence-corrected chi connectivity index (χ2v) is 15.7. The van der Waals surface area contributed by atoms with Crippen molar-refractivity contribution >= 4 is 12.4 Å². The number of aromatic nitrogens is 2. The number of ether oxygens (including phenoxy) is 2. The highest BCUT2D eigenvalue weighted by Crippen LogP contribution is 2.36. The fourth-order valence-electron chi connectivity index (χ4n) is 7.33. The van der Waals surface area contributed by atoms with Crippen molar-refractivity contribution < 1.29 is 9.47 Å². The Balaban J connectivity index is 0.00000600. The van der Waals surface area contributed by atoms with E-state index in [0.29, 0.717) is 38.1 Å². The van der Waals surface area contributed by atoms with Crippen molar-refractivity contribution in [3.63, 3.8) is 0 Å². The standard InChI is InChI=1S/C50H57N3O2.ClH/c1-33(2)27-47-43(49(39-23-19-35(5)20-24-39)45(37(7)52-47)31-54-41-15-11-9-12-16-41)29-51-30-44-48(28-34(3)4)53-38(8)46(32-55-42-17-13-10-14-18-42)50(44)40-25-21-36(6)22-26-40;/h9-26,33-34,51H,27-32H2,1-8H3;1H. The molecule has 2 aromatic heterocycles. The maximum absolute atomic E-state index is 6.43. The first kappa shape index (κ1) is 42.2. The van der Waals surface area contributed by atoms with E-state index in [-0.39, 0.29) is 12.4 Å². The minimum atomic E-state index is 0. The number of para-hydroxylation sites is 2. The highest BCUT2D eigenvalue weighted by molar-refractivity contribution is 5.85. The quantitative estimate of drug-likeness (QED) is 0.106. The molecular formula is C50H58ClN3O2. The fraction of sp³-hybridized carbons (Fsp3) is 0.320. The molecule has 56 heavy (non-hydrogen) atoms. The molecular weight excluding hydrogens is 710 g/mol. The van der Waals surface area contributed by atoms with Gasteiger partial charge in [0.1, 0.15) is 24.7 Å². The third-order valence-electron chi connectivity index (χ3n) is 10.1. The van der Waals surface area contributed by atoms with E-state index in [9.17, 15) is 0 Å². The number of halogens is 1. The lowest BCUT2D eigenvalue weighted by molar-refractivity contribution is 0.305. The predicted octanol–water partition coefficient (Wildman–Crippen LogP) is 12.3. The third kappa shape index (κ3) is 10.7. The first-order chi connectivity index (χ1) is 26.6. The molecule has 6 rings (SSSR count). The summed E-state index contributed by atoms with van der Waals surface area (Å²) >= 11 is 0. The van der Waals surface area contributed by atoms with Crippen molar-refractivity contribution in [1.29, 1.82) is 0 Å². The first-order valence-corrected chi connectivity index (χ1v) is 19.8. The van der Waals surface area contributed by atoms with Crippen LogP contribution in [0.3, 0.4) is 0 Å². The van der Waals surface area contributed by atoms with Crippen LogP contribution in [0.4, 0.5) is 0 Å². The maximum Gasteiger partial charge on any atom is 0.119 e. The molecule has 0 spiro atoms. The molecule has 0 radical (unpaired) electrons. The summed E-state index contributed by atoms with van der Waals surface area (Å²) in [4.78, 5) is 10.6. The Labute approximate surface area is 341 Å². The lowest BCUT2D eigenvalue weighted by Gasteiger charge is -2.24. The average molecular weight is 768 g/mol. The minimum absolute atomic E-state index is 0. The van der Waals surface area contributed by atoms with E-state index >= 15 is 0 Å². The van der Waals surface area contributed by atoms with Crippen LogP contribution >= 0.6 is 12.4 Å². The van der Waals surface area contributed by atoms with Crippen molar-refractivity contribution in [2.75, 3.05) is 0 Å². The molecule has 0 aliphatic rings. The summed E-state index contributed by atoms with van der Waals surface area (Å²) in [7, 11) is 0. The number of rotatable bonds is 16. The number of nitrogens with one attached hydrogen (secondary N) is 1. The van der Waals surface area contributed by atoms with Gasteiger partial charge in [0.15, 0.2) is 0 Å². The summed E-state index contributed by atoms with van der Waals surface area (Å²) in [6.07, 6.45) is 1.77. The molecule has 2 heterocycles. The van der Waals surface area contributed by atoms with Gasteiger partial charge in [-0.25, -0.2) is 0 Å². The zero-order chi connectivity index (χ0) is 38.9. The molecule has 5 nitrogen and oxygen atoms in total. The smallest absolute Gasteiger partial charge is 0.119 e. The molecule has 0 saturated heterocycles. The Bertz CT molecular complexity index is 2010. The van der Waals surface area contributed by atoms with Crippen molar-refractivity contribution in [2.45, 2.75) is 94.5 Å². The van der Waals surface area contributed by atoms with Crippen molar-refractivity contribution in [3.05, 3.63) is 165 Å². The number of nitrogens with zero attached hydrogens (tertiary/aromatic N) is 2. The van der Waals surface area contributed by atoms with Gasteiger partial charge in [0.25, 0.3) is 0 Å². The topological polar surface area (TPSA) is 56.3 Å². The third-order valence-corrected chi connectivity index (χ3v) is 10.1. The van der Waals surface area contributed by atoms with Crippen LogP contribution in [0.1, 0.15) is 83.9 Å². The van der Waals surface area contributed by atoms with Crippen LogP contribution in [0.2, 0.25) is 0 Å². The lowest BCUT2D eigenvalue weighted by Crippen LogP contribution is -2.21. The Kier molecular flexibility index (Phi) is 14.9. The monoisotopic (exact) mass is 767 g/mol. The molecule has 0 bridgehead atoms. The van der Waals surface area contributed by atoms with Gasteiger partial charge in [-0.05, 0) is 110 Å². The van der Waals surface area contributed by atoms with Gasteiger partial charge in [0.05, 0.1) is 0 Å². The average Bonchev–Trinajstić information content (AvgIpc) is 3.16. The number of pyridine rings is 2. The summed E-state index contributed by atoms with van der Waals surface area (Å²) in [5, 5.41) is 3.97. The maximum atomic E-state index is 6.43. The number of hydrogen-bond donors (Lipinski definition) is 1. The van der Waals surface area contributed by atoms with Crippen LogP contribution in [-0.2, 0) is 39.1 Å². The SMILES string of the molecule is Cc1ccc(-c2c(COc3ccccc3)c(C)nc(CC(C)C)c2CNCc2c(CC(C)C)nc(C)c(COc3ccccc3)c2-c2ccc(C)cc2)cc1.Cl. The zero-order valence-electron chi connectivity index (χ0n) is 34.4. The summed E-state index contributed by atoms with van der Waals surface area (Å²) in [6.45, 7) is 19.8. The number of aryl methyl sites for hydroxylation is 4. The summed E-state index contributed by atoms with van der Waals surface area (Å²) < 4.78 is 12.9. The van der Waals surface area contributed by atoms with Crippen LogP contribution in [0, 0.1) is 39.5 Å². The Morgan fingerprint density at radius 3 is 1.18 bits per heavy atom. The van der Waals surface area contributed by atoms with Gasteiger partial charge < -0.3 is 14.8 Å². The molecule has 0 fully saturated rings. The van der Waals surface area contributed by atoms with Crippen LogP contribution in [-0.4, -0.2) is 9.97 Å². The number of hydrogen-bond acceptors (Lipinski definition) is 5. The summed E-state index contributed by atoms with van der Waals surface area (Å²) in [5.41, 5.74) is 16.3. The van der Waals surface area contributed by atoms with Crippen molar-refractivity contribution in [2.24, 2.45) is 11.8 Å². The highest BCUT2D eigenvalue weighted by Gasteiger charge is 2.23. The van der Waals surface area contributed by atoms with E-state index < -0.39 is 0 Å². The van der Waals surface area contributed by atoms with E-state index in [0.717, 1.165) is 58.2 Å². The Hall–Kier alpha value is -4.97. The molecule has 292 valence electrons. The molecule has 0 aliphatic heterocycles. The molecule has 4 aromatic carbocycles. The van der Waals surface area contributed by atoms with Crippen molar-refractivity contribution in [1.82, 2.24) is 15.3 Å². The normalized spacial score (nSPS) is 11.2. The minimum Gasteiger partial charge on any atom is -0.489 e.